The summed E-state index contributed by atoms with van der Waals surface area (Å²) in [5, 5.41) is 12.7. The molecule has 2 rings (SSSR count). The zero-order chi connectivity index (χ0) is 13.9. The van der Waals surface area contributed by atoms with Crippen LogP contribution in [-0.4, -0.2) is 47.2 Å². The molecule has 2 atom stereocenters. The van der Waals surface area contributed by atoms with Crippen LogP contribution in [0.2, 0.25) is 0 Å². The maximum Gasteiger partial charge on any atom is 0.323 e. The fraction of sp³-hybridized carbons (Fsp3) is 0.933. The summed E-state index contributed by atoms with van der Waals surface area (Å²) < 4.78 is 0. The first-order chi connectivity index (χ1) is 9.11. The molecule has 1 saturated carbocycles. The summed E-state index contributed by atoms with van der Waals surface area (Å²) >= 11 is 0. The van der Waals surface area contributed by atoms with E-state index >= 15 is 0 Å². The Morgan fingerprint density at radius 1 is 1.32 bits per heavy atom. The number of carboxylic acids is 1. The third-order valence-electron chi connectivity index (χ3n) is 5.16. The predicted octanol–water partition coefficient (Wildman–Crippen LogP) is 2.09. The topological polar surface area (TPSA) is 52.6 Å². The van der Waals surface area contributed by atoms with Crippen LogP contribution in [0.15, 0.2) is 0 Å². The average Bonchev–Trinajstić information content (AvgIpc) is 2.85. The van der Waals surface area contributed by atoms with Gasteiger partial charge in [0.25, 0.3) is 0 Å². The number of hydrogen-bond donors (Lipinski definition) is 2. The first-order valence-corrected chi connectivity index (χ1v) is 7.83. The molecule has 2 aliphatic rings. The van der Waals surface area contributed by atoms with Gasteiger partial charge in [0.2, 0.25) is 0 Å². The highest BCUT2D eigenvalue weighted by Crippen LogP contribution is 2.35. The monoisotopic (exact) mass is 268 g/mol. The van der Waals surface area contributed by atoms with E-state index in [-0.39, 0.29) is 0 Å². The van der Waals surface area contributed by atoms with E-state index in [0.29, 0.717) is 6.04 Å². The molecule has 110 valence electrons. The Hall–Kier alpha value is -0.610. The standard InChI is InChI=1S/C15H28N2O2/c1-3-12-6-9-17(10-7-12)13-5-8-15(11-13,14(18)19)16-4-2/h12-13,16H,3-11H2,1-2H3,(H,18,19). The summed E-state index contributed by atoms with van der Waals surface area (Å²) in [5.41, 5.74) is -0.666. The van der Waals surface area contributed by atoms with Gasteiger partial charge in [-0.05, 0) is 57.7 Å². The van der Waals surface area contributed by atoms with Crippen molar-refractivity contribution < 1.29 is 9.90 Å². The molecule has 2 N–H and O–H groups in total. The summed E-state index contributed by atoms with van der Waals surface area (Å²) in [4.78, 5) is 14.1. The summed E-state index contributed by atoms with van der Waals surface area (Å²) in [5.74, 6) is 0.218. The molecule has 0 aromatic carbocycles. The second kappa shape index (κ2) is 6.23. The second-order valence-electron chi connectivity index (χ2n) is 6.20. The Labute approximate surface area is 116 Å². The smallest absolute Gasteiger partial charge is 0.323 e. The van der Waals surface area contributed by atoms with Gasteiger partial charge in [-0.25, -0.2) is 0 Å². The van der Waals surface area contributed by atoms with Gasteiger partial charge in [-0.1, -0.05) is 20.3 Å². The number of carboxylic acid groups (broad SMARTS) is 1. The molecule has 4 heteroatoms. The van der Waals surface area contributed by atoms with Crippen LogP contribution in [0.25, 0.3) is 0 Å². The van der Waals surface area contributed by atoms with E-state index in [2.05, 4.69) is 17.1 Å². The zero-order valence-corrected chi connectivity index (χ0v) is 12.3. The average molecular weight is 268 g/mol. The van der Waals surface area contributed by atoms with Crippen LogP contribution in [0.5, 0.6) is 0 Å². The van der Waals surface area contributed by atoms with E-state index in [1.165, 1.54) is 19.3 Å². The van der Waals surface area contributed by atoms with Gasteiger partial charge >= 0.3 is 5.97 Å². The fourth-order valence-corrected chi connectivity index (χ4v) is 3.83. The Morgan fingerprint density at radius 2 is 2.00 bits per heavy atom. The number of aliphatic carboxylic acids is 1. The number of likely N-dealkylation sites (N-methyl/N-ethyl adjacent to an activating group) is 1. The molecule has 0 bridgehead atoms. The molecule has 1 aliphatic heterocycles. The van der Waals surface area contributed by atoms with Crippen molar-refractivity contribution in [1.82, 2.24) is 10.2 Å². The minimum atomic E-state index is -0.666. The van der Waals surface area contributed by atoms with Crippen LogP contribution in [0.3, 0.4) is 0 Å². The zero-order valence-electron chi connectivity index (χ0n) is 12.3. The molecule has 0 radical (unpaired) electrons. The summed E-state index contributed by atoms with van der Waals surface area (Å²) in [6, 6.07) is 0.466. The molecule has 19 heavy (non-hydrogen) atoms. The van der Waals surface area contributed by atoms with Crippen molar-refractivity contribution in [2.75, 3.05) is 19.6 Å². The Bertz CT molecular complexity index is 313. The minimum absolute atomic E-state index is 0.466. The Morgan fingerprint density at radius 3 is 2.53 bits per heavy atom. The van der Waals surface area contributed by atoms with Crippen LogP contribution in [0.4, 0.5) is 0 Å². The quantitative estimate of drug-likeness (QED) is 0.801. The summed E-state index contributed by atoms with van der Waals surface area (Å²) in [6.45, 7) is 7.31. The molecule has 1 aliphatic carbocycles. The Kier molecular flexibility index (Phi) is 4.85. The lowest BCUT2D eigenvalue weighted by molar-refractivity contribution is -0.144. The van der Waals surface area contributed by atoms with Crippen LogP contribution < -0.4 is 5.32 Å². The van der Waals surface area contributed by atoms with E-state index in [9.17, 15) is 9.90 Å². The highest BCUT2D eigenvalue weighted by atomic mass is 16.4. The van der Waals surface area contributed by atoms with Crippen molar-refractivity contribution in [3.8, 4) is 0 Å². The number of likely N-dealkylation sites (tertiary alicyclic amines) is 1. The van der Waals surface area contributed by atoms with Gasteiger partial charge in [-0.15, -0.1) is 0 Å². The van der Waals surface area contributed by atoms with E-state index in [1.54, 1.807) is 0 Å². The van der Waals surface area contributed by atoms with Gasteiger partial charge in [0.05, 0.1) is 0 Å². The first kappa shape index (κ1) is 14.8. The number of nitrogens with one attached hydrogen (secondary N) is 1. The summed E-state index contributed by atoms with van der Waals surface area (Å²) in [6.07, 6.45) is 6.43. The number of piperidine rings is 1. The number of carbonyl (C=O) groups is 1. The normalized spacial score (nSPS) is 33.7. The van der Waals surface area contributed by atoms with E-state index < -0.39 is 11.5 Å². The molecule has 1 heterocycles. The molecule has 0 aromatic heterocycles. The van der Waals surface area contributed by atoms with Gasteiger partial charge in [0, 0.05) is 6.04 Å². The van der Waals surface area contributed by atoms with Crippen LogP contribution >= 0.6 is 0 Å². The maximum atomic E-state index is 11.6. The van der Waals surface area contributed by atoms with Crippen molar-refractivity contribution in [3.05, 3.63) is 0 Å². The SMILES string of the molecule is CCNC1(C(=O)O)CCC(N2CCC(CC)CC2)C1. The second-order valence-corrected chi connectivity index (χ2v) is 6.20. The molecule has 2 fully saturated rings. The lowest BCUT2D eigenvalue weighted by Gasteiger charge is -2.36. The van der Waals surface area contributed by atoms with Crippen LogP contribution in [-0.2, 0) is 4.79 Å². The molecule has 0 aromatic rings. The van der Waals surface area contributed by atoms with E-state index in [0.717, 1.165) is 44.8 Å². The third kappa shape index (κ3) is 3.11. The largest absolute Gasteiger partial charge is 0.480 e. The van der Waals surface area contributed by atoms with Crippen LogP contribution in [0.1, 0.15) is 52.4 Å². The maximum absolute atomic E-state index is 11.6. The Balaban J connectivity index is 1.92. The lowest BCUT2D eigenvalue weighted by Crippen LogP contribution is -2.51. The van der Waals surface area contributed by atoms with Gasteiger partial charge in [-0.2, -0.15) is 0 Å². The first-order valence-electron chi connectivity index (χ1n) is 7.83. The molecular weight excluding hydrogens is 240 g/mol. The highest BCUT2D eigenvalue weighted by Gasteiger charge is 2.46. The van der Waals surface area contributed by atoms with Crippen molar-refractivity contribution in [1.29, 1.82) is 0 Å². The predicted molar refractivity (Wildman–Crippen MR) is 76.3 cm³/mol. The van der Waals surface area contributed by atoms with Gasteiger partial charge in [0.15, 0.2) is 0 Å². The van der Waals surface area contributed by atoms with Crippen molar-refractivity contribution >= 4 is 5.97 Å². The molecular formula is C15H28N2O2. The molecule has 1 saturated heterocycles. The van der Waals surface area contributed by atoms with Gasteiger partial charge in [0.1, 0.15) is 5.54 Å². The number of nitrogens with zero attached hydrogens (tertiary/aromatic N) is 1. The van der Waals surface area contributed by atoms with Gasteiger partial charge < -0.3 is 15.3 Å². The molecule has 4 nitrogen and oxygen atoms in total. The van der Waals surface area contributed by atoms with Crippen molar-refractivity contribution in [3.63, 3.8) is 0 Å². The highest BCUT2D eigenvalue weighted by molar-refractivity contribution is 5.79. The molecule has 2 unspecified atom stereocenters. The van der Waals surface area contributed by atoms with Crippen molar-refractivity contribution in [2.24, 2.45) is 5.92 Å². The van der Waals surface area contributed by atoms with E-state index in [4.69, 9.17) is 0 Å². The lowest BCUT2D eigenvalue weighted by atomic mass is 9.92. The minimum Gasteiger partial charge on any atom is -0.480 e. The summed E-state index contributed by atoms with van der Waals surface area (Å²) in [7, 11) is 0. The molecule has 0 spiro atoms. The molecule has 0 amide bonds. The fourth-order valence-electron chi connectivity index (χ4n) is 3.83. The van der Waals surface area contributed by atoms with E-state index in [1.807, 2.05) is 6.92 Å². The van der Waals surface area contributed by atoms with Crippen molar-refractivity contribution in [2.45, 2.75) is 64.0 Å². The van der Waals surface area contributed by atoms with Crippen LogP contribution in [0, 0.1) is 5.92 Å². The number of hydrogen-bond acceptors (Lipinski definition) is 3. The number of rotatable bonds is 5. The third-order valence-corrected chi connectivity index (χ3v) is 5.16. The van der Waals surface area contributed by atoms with Gasteiger partial charge in [-0.3, -0.25) is 4.79 Å².